The van der Waals surface area contributed by atoms with Crippen LogP contribution in [0.5, 0.6) is 5.75 Å². The number of nitro benzene ring substituents is 1. The molecule has 6 heteroatoms. The molecule has 1 amide bonds. The number of methoxy groups -OCH3 is 1. The van der Waals surface area contributed by atoms with Gasteiger partial charge in [0.05, 0.1) is 23.1 Å². The van der Waals surface area contributed by atoms with Crippen LogP contribution in [0.25, 0.3) is 0 Å². The summed E-state index contributed by atoms with van der Waals surface area (Å²) in [7, 11) is 1.42. The van der Waals surface area contributed by atoms with Gasteiger partial charge in [-0.05, 0) is 25.5 Å². The standard InChI is InChI=1S/C17H18N2O4/c1-17(2,12-7-5-4-6-8-12)18-16(20)14-11-13(19(21)22)9-10-15(14)23-3/h4-11H,1-3H3,(H,18,20). The van der Waals surface area contributed by atoms with Crippen LogP contribution in [0.4, 0.5) is 5.69 Å². The third kappa shape index (κ3) is 3.66. The Morgan fingerprint density at radius 1 is 1.17 bits per heavy atom. The number of hydrogen-bond acceptors (Lipinski definition) is 4. The van der Waals surface area contributed by atoms with E-state index < -0.39 is 16.4 Å². The lowest BCUT2D eigenvalue weighted by atomic mass is 9.94. The van der Waals surface area contributed by atoms with Gasteiger partial charge in [0.2, 0.25) is 0 Å². The first-order valence-electron chi connectivity index (χ1n) is 7.05. The van der Waals surface area contributed by atoms with Gasteiger partial charge in [-0.3, -0.25) is 14.9 Å². The van der Waals surface area contributed by atoms with Crippen molar-refractivity contribution < 1.29 is 14.5 Å². The van der Waals surface area contributed by atoms with Gasteiger partial charge >= 0.3 is 0 Å². The molecule has 0 unspecified atom stereocenters. The Morgan fingerprint density at radius 2 is 1.83 bits per heavy atom. The van der Waals surface area contributed by atoms with Gasteiger partial charge in [-0.15, -0.1) is 0 Å². The van der Waals surface area contributed by atoms with Crippen LogP contribution in [0, 0.1) is 10.1 Å². The van der Waals surface area contributed by atoms with Crippen molar-refractivity contribution in [3.05, 3.63) is 69.8 Å². The summed E-state index contributed by atoms with van der Waals surface area (Å²) < 4.78 is 5.14. The Kier molecular flexibility index (Phi) is 4.64. The number of carbonyl (C=O) groups excluding carboxylic acids is 1. The molecule has 0 bridgehead atoms. The molecule has 23 heavy (non-hydrogen) atoms. The molecule has 0 radical (unpaired) electrons. The van der Waals surface area contributed by atoms with Gasteiger partial charge in [0.15, 0.2) is 0 Å². The van der Waals surface area contributed by atoms with E-state index in [4.69, 9.17) is 4.74 Å². The van der Waals surface area contributed by atoms with Gasteiger partial charge in [-0.1, -0.05) is 30.3 Å². The van der Waals surface area contributed by atoms with E-state index in [0.29, 0.717) is 0 Å². The summed E-state index contributed by atoms with van der Waals surface area (Å²) in [4.78, 5) is 22.9. The molecule has 2 aromatic rings. The SMILES string of the molecule is COc1ccc([N+](=O)[O-])cc1C(=O)NC(C)(C)c1ccccc1. The number of benzene rings is 2. The Morgan fingerprint density at radius 3 is 2.39 bits per heavy atom. The number of nitrogens with zero attached hydrogens (tertiary/aromatic N) is 1. The maximum absolute atomic E-state index is 12.6. The third-order valence-electron chi connectivity index (χ3n) is 3.56. The number of nitrogens with one attached hydrogen (secondary N) is 1. The van der Waals surface area contributed by atoms with Gasteiger partial charge in [0.1, 0.15) is 5.75 Å². The van der Waals surface area contributed by atoms with Crippen molar-refractivity contribution in [1.29, 1.82) is 0 Å². The fourth-order valence-electron chi connectivity index (χ4n) is 2.27. The zero-order valence-electron chi connectivity index (χ0n) is 13.2. The van der Waals surface area contributed by atoms with Crippen LogP contribution in [-0.2, 0) is 5.54 Å². The van der Waals surface area contributed by atoms with Crippen molar-refractivity contribution in [1.82, 2.24) is 5.32 Å². The maximum Gasteiger partial charge on any atom is 0.270 e. The lowest BCUT2D eigenvalue weighted by Crippen LogP contribution is -2.41. The second kappa shape index (κ2) is 6.48. The number of amides is 1. The third-order valence-corrected chi connectivity index (χ3v) is 3.56. The highest BCUT2D eigenvalue weighted by atomic mass is 16.6. The molecule has 0 fully saturated rings. The molecule has 0 spiro atoms. The van der Waals surface area contributed by atoms with Crippen molar-refractivity contribution in [3.8, 4) is 5.75 Å². The van der Waals surface area contributed by atoms with Crippen molar-refractivity contribution in [2.24, 2.45) is 0 Å². The second-order valence-electron chi connectivity index (χ2n) is 5.59. The molecule has 6 nitrogen and oxygen atoms in total. The Labute approximate surface area is 134 Å². The van der Waals surface area contributed by atoms with Crippen LogP contribution in [0.2, 0.25) is 0 Å². The van der Waals surface area contributed by atoms with E-state index in [9.17, 15) is 14.9 Å². The smallest absolute Gasteiger partial charge is 0.270 e. The van der Waals surface area contributed by atoms with E-state index in [1.54, 1.807) is 0 Å². The Balaban J connectivity index is 2.33. The molecule has 0 aliphatic carbocycles. The van der Waals surface area contributed by atoms with Crippen molar-refractivity contribution in [2.75, 3.05) is 7.11 Å². The van der Waals surface area contributed by atoms with E-state index in [2.05, 4.69) is 5.32 Å². The normalized spacial score (nSPS) is 10.9. The monoisotopic (exact) mass is 314 g/mol. The van der Waals surface area contributed by atoms with Crippen LogP contribution in [0.3, 0.4) is 0 Å². The van der Waals surface area contributed by atoms with Crippen molar-refractivity contribution >= 4 is 11.6 Å². The highest BCUT2D eigenvalue weighted by molar-refractivity contribution is 5.98. The fourth-order valence-corrected chi connectivity index (χ4v) is 2.27. The molecule has 0 heterocycles. The molecular formula is C17H18N2O4. The van der Waals surface area contributed by atoms with E-state index in [-0.39, 0.29) is 17.0 Å². The molecule has 0 saturated carbocycles. The van der Waals surface area contributed by atoms with Gasteiger partial charge in [-0.25, -0.2) is 0 Å². The number of nitro groups is 1. The highest BCUT2D eigenvalue weighted by Crippen LogP contribution is 2.26. The molecule has 2 rings (SSSR count). The largest absolute Gasteiger partial charge is 0.496 e. The van der Waals surface area contributed by atoms with Crippen LogP contribution in [0.15, 0.2) is 48.5 Å². The van der Waals surface area contributed by atoms with Crippen LogP contribution in [0.1, 0.15) is 29.8 Å². The Bertz CT molecular complexity index is 727. The molecule has 120 valence electrons. The quantitative estimate of drug-likeness (QED) is 0.678. The molecule has 0 atom stereocenters. The zero-order valence-corrected chi connectivity index (χ0v) is 13.2. The summed E-state index contributed by atoms with van der Waals surface area (Å²) in [5, 5.41) is 13.8. The highest BCUT2D eigenvalue weighted by Gasteiger charge is 2.26. The van der Waals surface area contributed by atoms with E-state index in [0.717, 1.165) is 5.56 Å². The lowest BCUT2D eigenvalue weighted by Gasteiger charge is -2.27. The van der Waals surface area contributed by atoms with E-state index in [1.165, 1.54) is 25.3 Å². The molecular weight excluding hydrogens is 296 g/mol. The molecule has 0 aliphatic heterocycles. The minimum Gasteiger partial charge on any atom is -0.496 e. The van der Waals surface area contributed by atoms with Gasteiger partial charge < -0.3 is 10.1 Å². The number of non-ortho nitro benzene ring substituents is 1. The summed E-state index contributed by atoms with van der Waals surface area (Å²) >= 11 is 0. The van der Waals surface area contributed by atoms with Crippen molar-refractivity contribution in [2.45, 2.75) is 19.4 Å². The first kappa shape index (κ1) is 16.5. The first-order valence-corrected chi connectivity index (χ1v) is 7.05. The minimum atomic E-state index is -0.631. The summed E-state index contributed by atoms with van der Waals surface area (Å²) in [5.74, 6) is -0.142. The minimum absolute atomic E-state index is 0.130. The summed E-state index contributed by atoms with van der Waals surface area (Å²) in [5.41, 5.74) is 0.269. The number of ether oxygens (including phenoxy) is 1. The number of carbonyl (C=O) groups is 1. The van der Waals surface area contributed by atoms with Gasteiger partial charge in [0.25, 0.3) is 11.6 Å². The maximum atomic E-state index is 12.6. The zero-order chi connectivity index (χ0) is 17.0. The molecule has 1 N–H and O–H groups in total. The van der Waals surface area contributed by atoms with E-state index in [1.807, 2.05) is 44.2 Å². The van der Waals surface area contributed by atoms with Crippen molar-refractivity contribution in [3.63, 3.8) is 0 Å². The van der Waals surface area contributed by atoms with Crippen LogP contribution < -0.4 is 10.1 Å². The lowest BCUT2D eigenvalue weighted by molar-refractivity contribution is -0.384. The summed E-state index contributed by atoms with van der Waals surface area (Å²) in [6, 6.07) is 13.4. The fraction of sp³-hybridized carbons (Fsp3) is 0.235. The number of rotatable bonds is 5. The molecule has 0 aromatic heterocycles. The van der Waals surface area contributed by atoms with E-state index >= 15 is 0 Å². The summed E-state index contributed by atoms with van der Waals surface area (Å²) in [6.07, 6.45) is 0. The first-order chi connectivity index (χ1) is 10.8. The molecule has 2 aromatic carbocycles. The topological polar surface area (TPSA) is 81.5 Å². The van der Waals surface area contributed by atoms with Crippen LogP contribution in [-0.4, -0.2) is 17.9 Å². The van der Waals surface area contributed by atoms with Gasteiger partial charge in [0, 0.05) is 12.1 Å². The predicted molar refractivity (Wildman–Crippen MR) is 86.6 cm³/mol. The van der Waals surface area contributed by atoms with Crippen LogP contribution >= 0.6 is 0 Å². The molecule has 0 aliphatic rings. The van der Waals surface area contributed by atoms with Gasteiger partial charge in [-0.2, -0.15) is 0 Å². The average molecular weight is 314 g/mol. The average Bonchev–Trinajstić information content (AvgIpc) is 2.54. The second-order valence-corrected chi connectivity index (χ2v) is 5.59. The number of hydrogen-bond donors (Lipinski definition) is 1. The molecule has 0 saturated heterocycles. The summed E-state index contributed by atoms with van der Waals surface area (Å²) in [6.45, 7) is 3.73. The predicted octanol–water partition coefficient (Wildman–Crippen LogP) is 3.27. The Hall–Kier alpha value is -2.89.